The van der Waals surface area contributed by atoms with E-state index in [0.29, 0.717) is 6.04 Å². The number of aromatic nitrogens is 2. The third-order valence-electron chi connectivity index (χ3n) is 2.96. The number of imidazole rings is 1. The molecule has 4 heteroatoms. The minimum Gasteiger partial charge on any atom is -0.297 e. The lowest BCUT2D eigenvalue weighted by Gasteiger charge is -2.16. The van der Waals surface area contributed by atoms with Crippen molar-refractivity contribution in [1.82, 2.24) is 9.13 Å². The van der Waals surface area contributed by atoms with Crippen LogP contribution in [0.3, 0.4) is 0 Å². The summed E-state index contributed by atoms with van der Waals surface area (Å²) in [6.07, 6.45) is 5.66. The van der Waals surface area contributed by atoms with Crippen molar-refractivity contribution in [3.63, 3.8) is 0 Å². The van der Waals surface area contributed by atoms with Crippen molar-refractivity contribution in [3.05, 3.63) is 22.9 Å². The fourth-order valence-electron chi connectivity index (χ4n) is 1.57. The van der Waals surface area contributed by atoms with E-state index in [-0.39, 0.29) is 23.4 Å². The maximum Gasteiger partial charge on any atom is 0.328 e. The molecule has 0 N–H and O–H groups in total. The van der Waals surface area contributed by atoms with Crippen LogP contribution in [0.5, 0.6) is 0 Å². The second-order valence-electron chi connectivity index (χ2n) is 5.52. The molecule has 0 spiro atoms. The maximum atomic E-state index is 11.9. The molecule has 0 radical (unpaired) electrons. The third-order valence-corrected chi connectivity index (χ3v) is 2.96. The lowest BCUT2D eigenvalue weighted by Crippen LogP contribution is -2.31. The average molecular weight is 222 g/mol. The molecule has 1 aliphatic rings. The topological polar surface area (TPSA) is 44.0 Å². The van der Waals surface area contributed by atoms with E-state index in [1.54, 1.807) is 17.0 Å². The van der Waals surface area contributed by atoms with Gasteiger partial charge in [-0.3, -0.25) is 13.9 Å². The second-order valence-corrected chi connectivity index (χ2v) is 5.52. The van der Waals surface area contributed by atoms with E-state index in [4.69, 9.17) is 0 Å². The Labute approximate surface area is 94.9 Å². The lowest BCUT2D eigenvalue weighted by molar-refractivity contribution is -0.126. The number of carbonyl (C=O) groups is 1. The van der Waals surface area contributed by atoms with Crippen molar-refractivity contribution < 1.29 is 4.79 Å². The zero-order chi connectivity index (χ0) is 11.9. The highest BCUT2D eigenvalue weighted by Gasteiger charge is 2.27. The Kier molecular flexibility index (Phi) is 2.52. The standard InChI is InChI=1S/C12H18N2O2/c1-12(2,3)10(15)8-13-6-7-14(11(13)16)9-4-5-9/h6-7,9H,4-5,8H2,1-3H3. The average Bonchev–Trinajstić information content (AvgIpc) is 2.93. The van der Waals surface area contributed by atoms with Gasteiger partial charge in [-0.25, -0.2) is 4.79 Å². The Hall–Kier alpha value is -1.32. The predicted octanol–water partition coefficient (Wildman–Crippen LogP) is 1.60. The van der Waals surface area contributed by atoms with E-state index in [0.717, 1.165) is 12.8 Å². The lowest BCUT2D eigenvalue weighted by atomic mass is 9.91. The molecule has 1 fully saturated rings. The first-order valence-electron chi connectivity index (χ1n) is 5.70. The zero-order valence-electron chi connectivity index (χ0n) is 10.1. The summed E-state index contributed by atoms with van der Waals surface area (Å²) < 4.78 is 3.24. The molecule has 0 saturated heterocycles. The van der Waals surface area contributed by atoms with Crippen molar-refractivity contribution in [2.24, 2.45) is 5.41 Å². The van der Waals surface area contributed by atoms with Crippen LogP contribution in [0.15, 0.2) is 17.2 Å². The Morgan fingerprint density at radius 3 is 2.50 bits per heavy atom. The zero-order valence-corrected chi connectivity index (χ0v) is 10.1. The van der Waals surface area contributed by atoms with E-state index < -0.39 is 0 Å². The van der Waals surface area contributed by atoms with Crippen LogP contribution in [0, 0.1) is 5.41 Å². The van der Waals surface area contributed by atoms with Gasteiger partial charge in [0.1, 0.15) is 0 Å². The third kappa shape index (κ3) is 2.10. The monoisotopic (exact) mass is 222 g/mol. The molecule has 1 aliphatic carbocycles. The molecule has 1 saturated carbocycles. The summed E-state index contributed by atoms with van der Waals surface area (Å²) >= 11 is 0. The molecular weight excluding hydrogens is 204 g/mol. The van der Waals surface area contributed by atoms with Gasteiger partial charge < -0.3 is 0 Å². The minimum absolute atomic E-state index is 0.0555. The van der Waals surface area contributed by atoms with E-state index in [1.807, 2.05) is 20.8 Å². The largest absolute Gasteiger partial charge is 0.328 e. The molecule has 16 heavy (non-hydrogen) atoms. The smallest absolute Gasteiger partial charge is 0.297 e. The summed E-state index contributed by atoms with van der Waals surface area (Å²) in [7, 11) is 0. The summed E-state index contributed by atoms with van der Waals surface area (Å²) in [6.45, 7) is 5.80. The fourth-order valence-corrected chi connectivity index (χ4v) is 1.57. The van der Waals surface area contributed by atoms with Gasteiger partial charge in [0.25, 0.3) is 0 Å². The normalized spacial score (nSPS) is 16.4. The van der Waals surface area contributed by atoms with Crippen LogP contribution in [0.4, 0.5) is 0 Å². The molecule has 0 aromatic carbocycles. The van der Waals surface area contributed by atoms with Crippen LogP contribution >= 0.6 is 0 Å². The number of ketones is 1. The molecule has 88 valence electrons. The Morgan fingerprint density at radius 1 is 1.38 bits per heavy atom. The fraction of sp³-hybridized carbons (Fsp3) is 0.667. The summed E-state index contributed by atoms with van der Waals surface area (Å²) in [5.74, 6) is 0.0862. The van der Waals surface area contributed by atoms with Gasteiger partial charge in [-0.2, -0.15) is 0 Å². The van der Waals surface area contributed by atoms with Crippen LogP contribution < -0.4 is 5.69 Å². The highest BCUT2D eigenvalue weighted by atomic mass is 16.2. The van der Waals surface area contributed by atoms with Gasteiger partial charge in [0.2, 0.25) is 0 Å². The number of hydrogen-bond donors (Lipinski definition) is 0. The molecule has 0 atom stereocenters. The number of rotatable bonds is 3. The van der Waals surface area contributed by atoms with E-state index >= 15 is 0 Å². The van der Waals surface area contributed by atoms with Crippen LogP contribution in [0.25, 0.3) is 0 Å². The summed E-state index contributed by atoms with van der Waals surface area (Å²) in [5.41, 5.74) is -0.443. The van der Waals surface area contributed by atoms with Crippen molar-refractivity contribution in [2.45, 2.75) is 46.2 Å². The first kappa shape index (κ1) is 11.2. The molecule has 0 aliphatic heterocycles. The number of nitrogens with zero attached hydrogens (tertiary/aromatic N) is 2. The molecule has 1 aromatic rings. The van der Waals surface area contributed by atoms with Crippen molar-refractivity contribution in [2.75, 3.05) is 0 Å². The van der Waals surface area contributed by atoms with Gasteiger partial charge in [0.15, 0.2) is 5.78 Å². The highest BCUT2D eigenvalue weighted by molar-refractivity contribution is 5.83. The number of carbonyl (C=O) groups excluding carboxylic acids is 1. The van der Waals surface area contributed by atoms with E-state index in [2.05, 4.69) is 0 Å². The van der Waals surface area contributed by atoms with Gasteiger partial charge in [0.05, 0.1) is 6.54 Å². The highest BCUT2D eigenvalue weighted by Crippen LogP contribution is 2.33. The van der Waals surface area contributed by atoms with Crippen molar-refractivity contribution in [1.29, 1.82) is 0 Å². The minimum atomic E-state index is -0.388. The van der Waals surface area contributed by atoms with Crippen LogP contribution in [-0.4, -0.2) is 14.9 Å². The molecule has 0 amide bonds. The Morgan fingerprint density at radius 2 is 2.00 bits per heavy atom. The van der Waals surface area contributed by atoms with Crippen molar-refractivity contribution >= 4 is 5.78 Å². The van der Waals surface area contributed by atoms with E-state index in [1.165, 1.54) is 4.57 Å². The van der Waals surface area contributed by atoms with E-state index in [9.17, 15) is 9.59 Å². The Bertz CT molecular complexity index is 458. The Balaban J connectivity index is 2.16. The first-order valence-corrected chi connectivity index (χ1v) is 5.70. The van der Waals surface area contributed by atoms with Gasteiger partial charge >= 0.3 is 5.69 Å². The number of Topliss-reactive ketones (excluding diaryl/α,β-unsaturated/α-hetero) is 1. The summed E-state index contributed by atoms with van der Waals surface area (Å²) in [6, 6.07) is 0.374. The molecule has 2 rings (SSSR count). The quantitative estimate of drug-likeness (QED) is 0.779. The molecule has 1 heterocycles. The van der Waals surface area contributed by atoms with Crippen molar-refractivity contribution in [3.8, 4) is 0 Å². The summed E-state index contributed by atoms with van der Waals surface area (Å²) in [5, 5.41) is 0. The second kappa shape index (κ2) is 3.61. The van der Waals surface area contributed by atoms with Gasteiger partial charge in [-0.15, -0.1) is 0 Å². The molecule has 1 aromatic heterocycles. The number of hydrogen-bond acceptors (Lipinski definition) is 2. The van der Waals surface area contributed by atoms with Crippen LogP contribution in [0.1, 0.15) is 39.7 Å². The molecule has 4 nitrogen and oxygen atoms in total. The predicted molar refractivity (Wildman–Crippen MR) is 61.4 cm³/mol. The maximum absolute atomic E-state index is 11.9. The molecular formula is C12H18N2O2. The van der Waals surface area contributed by atoms with Gasteiger partial charge in [-0.1, -0.05) is 20.8 Å². The van der Waals surface area contributed by atoms with Gasteiger partial charge in [0, 0.05) is 23.9 Å². The summed E-state index contributed by atoms with van der Waals surface area (Å²) in [4.78, 5) is 23.7. The van der Waals surface area contributed by atoms with Crippen LogP contribution in [-0.2, 0) is 11.3 Å². The SMILES string of the molecule is CC(C)(C)C(=O)Cn1ccn(C2CC2)c1=O. The first-order chi connectivity index (χ1) is 7.39. The van der Waals surface area contributed by atoms with Gasteiger partial charge in [-0.05, 0) is 12.8 Å². The molecule has 0 unspecified atom stereocenters. The molecule has 0 bridgehead atoms. The van der Waals surface area contributed by atoms with Crippen LogP contribution in [0.2, 0.25) is 0 Å².